The maximum absolute atomic E-state index is 12.3. The monoisotopic (exact) mass is 432 g/mol. The molecule has 30 heavy (non-hydrogen) atoms. The van der Waals surface area contributed by atoms with Crippen LogP contribution in [0.15, 0.2) is 35.2 Å². The highest BCUT2D eigenvalue weighted by Gasteiger charge is 2.27. The lowest BCUT2D eigenvalue weighted by Gasteiger charge is -2.26. The average Bonchev–Trinajstić information content (AvgIpc) is 3.18. The maximum atomic E-state index is 12.3. The van der Waals surface area contributed by atoms with Crippen LogP contribution in [0.2, 0.25) is 0 Å². The van der Waals surface area contributed by atoms with Crippen molar-refractivity contribution in [2.45, 2.75) is 50.4 Å². The highest BCUT2D eigenvalue weighted by Crippen LogP contribution is 2.29. The molecule has 1 saturated carbocycles. The fourth-order valence-corrected chi connectivity index (χ4v) is 4.68. The summed E-state index contributed by atoms with van der Waals surface area (Å²) >= 11 is 1.54. The van der Waals surface area contributed by atoms with Crippen LogP contribution in [0, 0.1) is 5.92 Å². The minimum Gasteiger partial charge on any atom is -0.490 e. The lowest BCUT2D eigenvalue weighted by molar-refractivity contribution is -0.143. The van der Waals surface area contributed by atoms with Crippen LogP contribution in [0.5, 0.6) is 5.75 Å². The first-order valence-corrected chi connectivity index (χ1v) is 11.2. The molecular formula is C22H28N2O5S. The van der Waals surface area contributed by atoms with Crippen LogP contribution in [-0.2, 0) is 9.59 Å². The molecule has 0 spiro atoms. The summed E-state index contributed by atoms with van der Waals surface area (Å²) in [4.78, 5) is 35.3. The van der Waals surface area contributed by atoms with Gasteiger partial charge in [0.15, 0.2) is 0 Å². The molecule has 1 unspecified atom stereocenters. The van der Waals surface area contributed by atoms with Gasteiger partial charge in [0.1, 0.15) is 5.75 Å². The van der Waals surface area contributed by atoms with E-state index < -0.39 is 5.97 Å². The first-order valence-electron chi connectivity index (χ1n) is 10.3. The predicted octanol–water partition coefficient (Wildman–Crippen LogP) is 2.96. The third-order valence-electron chi connectivity index (χ3n) is 5.39. The molecule has 1 aromatic rings. The molecular weight excluding hydrogens is 404 g/mol. The Morgan fingerprint density at radius 1 is 1.07 bits per heavy atom. The Morgan fingerprint density at radius 2 is 1.73 bits per heavy atom. The summed E-state index contributed by atoms with van der Waals surface area (Å²) in [5.41, 5.74) is 1.74. The van der Waals surface area contributed by atoms with Crippen molar-refractivity contribution in [3.63, 3.8) is 0 Å². The molecule has 1 aliphatic heterocycles. The average molecular weight is 433 g/mol. The van der Waals surface area contributed by atoms with Crippen molar-refractivity contribution in [2.75, 3.05) is 13.1 Å². The lowest BCUT2D eigenvalue weighted by atomic mass is 9.87. The molecule has 0 radical (unpaired) electrons. The number of ether oxygens (including phenoxy) is 1. The van der Waals surface area contributed by atoms with Crippen molar-refractivity contribution in [3.05, 3.63) is 40.8 Å². The topological polar surface area (TPSA) is 105 Å². The summed E-state index contributed by atoms with van der Waals surface area (Å²) in [6.45, 7) is 2.76. The second kappa shape index (κ2) is 10.5. The standard InChI is InChI=1S/C22H28N2O5S/c1-14-12-19(30-13-14)21(26)24-11-10-23-20(25)15-2-6-17(7-3-15)29-18-8-4-16(5-9-18)22(27)28/h2-3,6-7,13,16,18-19H,4-5,8-12H2,1H3,(H,23,25)(H,24,26)(H,27,28). The second-order valence-corrected chi connectivity index (χ2v) is 8.87. The molecule has 3 N–H and O–H groups in total. The van der Waals surface area contributed by atoms with Crippen LogP contribution in [0.1, 0.15) is 49.4 Å². The van der Waals surface area contributed by atoms with Gasteiger partial charge in [0, 0.05) is 18.7 Å². The number of allylic oxidation sites excluding steroid dienone is 1. The molecule has 3 rings (SSSR count). The first kappa shape index (κ1) is 22.2. The molecule has 1 heterocycles. The first-order chi connectivity index (χ1) is 14.4. The van der Waals surface area contributed by atoms with Crippen LogP contribution >= 0.6 is 11.8 Å². The van der Waals surface area contributed by atoms with Crippen LogP contribution in [-0.4, -0.2) is 47.3 Å². The van der Waals surface area contributed by atoms with Gasteiger partial charge in [-0.15, -0.1) is 11.8 Å². The summed E-state index contributed by atoms with van der Waals surface area (Å²) in [7, 11) is 0. The number of carboxylic acid groups (broad SMARTS) is 1. The van der Waals surface area contributed by atoms with E-state index in [1.54, 1.807) is 24.3 Å². The van der Waals surface area contributed by atoms with E-state index in [0.717, 1.165) is 19.3 Å². The number of carbonyl (C=O) groups excluding carboxylic acids is 2. The molecule has 1 aliphatic carbocycles. The Balaban J connectivity index is 1.35. The minimum atomic E-state index is -0.729. The van der Waals surface area contributed by atoms with E-state index in [0.29, 0.717) is 37.2 Å². The number of hydrogen-bond acceptors (Lipinski definition) is 5. The molecule has 162 valence electrons. The van der Waals surface area contributed by atoms with Crippen LogP contribution < -0.4 is 15.4 Å². The van der Waals surface area contributed by atoms with Gasteiger partial charge < -0.3 is 20.5 Å². The van der Waals surface area contributed by atoms with Gasteiger partial charge in [0.05, 0.1) is 17.3 Å². The fraction of sp³-hybridized carbons (Fsp3) is 0.500. The molecule has 1 atom stereocenters. The third-order valence-corrected chi connectivity index (χ3v) is 6.63. The number of benzene rings is 1. The van der Waals surface area contributed by atoms with Gasteiger partial charge in [-0.2, -0.15) is 0 Å². The predicted molar refractivity (Wildman–Crippen MR) is 116 cm³/mol. The number of rotatable bonds is 8. The smallest absolute Gasteiger partial charge is 0.306 e. The molecule has 7 nitrogen and oxygen atoms in total. The Labute approximate surface area is 180 Å². The van der Waals surface area contributed by atoms with Gasteiger partial charge in [-0.3, -0.25) is 14.4 Å². The summed E-state index contributed by atoms with van der Waals surface area (Å²) < 4.78 is 5.92. The second-order valence-electron chi connectivity index (χ2n) is 7.79. The number of aliphatic carboxylic acids is 1. The zero-order valence-corrected chi connectivity index (χ0v) is 17.9. The zero-order valence-electron chi connectivity index (χ0n) is 17.1. The van der Waals surface area contributed by atoms with Crippen molar-refractivity contribution in [3.8, 4) is 5.75 Å². The summed E-state index contributed by atoms with van der Waals surface area (Å²) in [6.07, 6.45) is 3.50. The number of amides is 2. The summed E-state index contributed by atoms with van der Waals surface area (Å²) in [5.74, 6) is -0.520. The Hall–Kier alpha value is -2.48. The van der Waals surface area contributed by atoms with Gasteiger partial charge in [-0.25, -0.2) is 0 Å². The van der Waals surface area contributed by atoms with Crippen molar-refractivity contribution in [1.82, 2.24) is 10.6 Å². The lowest BCUT2D eigenvalue weighted by Crippen LogP contribution is -2.38. The Morgan fingerprint density at radius 3 is 2.33 bits per heavy atom. The van der Waals surface area contributed by atoms with E-state index in [1.165, 1.54) is 17.3 Å². The molecule has 8 heteroatoms. The van der Waals surface area contributed by atoms with E-state index in [-0.39, 0.29) is 29.1 Å². The number of carbonyl (C=O) groups is 3. The Bertz CT molecular complexity index is 800. The molecule has 2 amide bonds. The van der Waals surface area contributed by atoms with Gasteiger partial charge in [-0.05, 0) is 68.7 Å². The van der Waals surface area contributed by atoms with Crippen LogP contribution in [0.25, 0.3) is 0 Å². The molecule has 1 fully saturated rings. The van der Waals surface area contributed by atoms with Crippen molar-refractivity contribution in [2.24, 2.45) is 5.92 Å². The van der Waals surface area contributed by atoms with Crippen LogP contribution in [0.3, 0.4) is 0 Å². The van der Waals surface area contributed by atoms with Gasteiger partial charge >= 0.3 is 5.97 Å². The van der Waals surface area contributed by atoms with Crippen LogP contribution in [0.4, 0.5) is 0 Å². The molecule has 0 aromatic heterocycles. The molecule has 2 aliphatic rings. The number of thioether (sulfide) groups is 1. The van der Waals surface area contributed by atoms with Gasteiger partial charge in [0.2, 0.25) is 5.91 Å². The van der Waals surface area contributed by atoms with Crippen molar-refractivity contribution in [1.29, 1.82) is 0 Å². The fourth-order valence-electron chi connectivity index (χ4n) is 3.62. The molecule has 1 aromatic carbocycles. The van der Waals surface area contributed by atoms with Gasteiger partial charge in [0.25, 0.3) is 5.91 Å². The van der Waals surface area contributed by atoms with Gasteiger partial charge in [-0.1, -0.05) is 5.57 Å². The number of hydrogen-bond donors (Lipinski definition) is 3. The summed E-state index contributed by atoms with van der Waals surface area (Å²) in [6, 6.07) is 6.92. The van der Waals surface area contributed by atoms with E-state index >= 15 is 0 Å². The third kappa shape index (κ3) is 6.26. The van der Waals surface area contributed by atoms with E-state index in [1.807, 2.05) is 12.3 Å². The van der Waals surface area contributed by atoms with E-state index in [4.69, 9.17) is 9.84 Å². The van der Waals surface area contributed by atoms with Crippen molar-refractivity contribution < 1.29 is 24.2 Å². The normalized spacial score (nSPS) is 23.4. The van der Waals surface area contributed by atoms with E-state index in [9.17, 15) is 14.4 Å². The summed E-state index contributed by atoms with van der Waals surface area (Å²) in [5, 5.41) is 16.7. The Kier molecular flexibility index (Phi) is 7.79. The maximum Gasteiger partial charge on any atom is 0.306 e. The highest BCUT2D eigenvalue weighted by atomic mass is 32.2. The minimum absolute atomic E-state index is 0.00115. The number of nitrogens with one attached hydrogen (secondary N) is 2. The highest BCUT2D eigenvalue weighted by molar-refractivity contribution is 8.03. The number of carboxylic acids is 1. The SMILES string of the molecule is CC1=CSC(C(=O)NCCNC(=O)c2ccc(OC3CCC(C(=O)O)CC3)cc2)C1. The van der Waals surface area contributed by atoms with Crippen molar-refractivity contribution >= 4 is 29.5 Å². The molecule has 0 bridgehead atoms. The quantitative estimate of drug-likeness (QED) is 0.546. The van der Waals surface area contributed by atoms with E-state index in [2.05, 4.69) is 10.6 Å². The molecule has 0 saturated heterocycles. The largest absolute Gasteiger partial charge is 0.490 e. The zero-order chi connectivity index (χ0) is 21.5.